The molecule has 0 radical (unpaired) electrons. The average Bonchev–Trinajstić information content (AvgIpc) is 2.55. The van der Waals surface area contributed by atoms with E-state index in [0.717, 1.165) is 12.0 Å². The van der Waals surface area contributed by atoms with E-state index in [1.807, 2.05) is 19.9 Å². The van der Waals surface area contributed by atoms with Crippen molar-refractivity contribution in [2.75, 3.05) is 24.7 Å². The average molecular weight is 340 g/mol. The molecule has 0 saturated carbocycles. The molecule has 0 aliphatic carbocycles. The molecule has 1 saturated heterocycles. The lowest BCUT2D eigenvalue weighted by atomic mass is 9.96. The van der Waals surface area contributed by atoms with Gasteiger partial charge >= 0.3 is 0 Å². The Kier molecular flexibility index (Phi) is 5.75. The second-order valence-electron chi connectivity index (χ2n) is 5.85. The summed E-state index contributed by atoms with van der Waals surface area (Å²) in [6.07, 6.45) is 3.28. The zero-order valence-electron chi connectivity index (χ0n) is 13.7. The standard InChI is InChI=1S/C16H24N2O4S/c1-3-13-5-8-17-14(11-13)15(19)18-12-16(22-4-2)6-9-23(20,21)10-7-16/h5,8,11H,3-4,6-7,9-10,12H2,1-2H3,(H,18,19). The summed E-state index contributed by atoms with van der Waals surface area (Å²) in [5, 5.41) is 2.85. The highest BCUT2D eigenvalue weighted by Crippen LogP contribution is 2.27. The van der Waals surface area contributed by atoms with Crippen molar-refractivity contribution in [3.8, 4) is 0 Å². The first-order valence-electron chi connectivity index (χ1n) is 7.97. The number of ether oxygens (including phenoxy) is 1. The van der Waals surface area contributed by atoms with Gasteiger partial charge in [-0.05, 0) is 43.9 Å². The molecule has 128 valence electrons. The lowest BCUT2D eigenvalue weighted by Crippen LogP contribution is -2.50. The molecule has 7 heteroatoms. The van der Waals surface area contributed by atoms with Crippen molar-refractivity contribution in [3.63, 3.8) is 0 Å². The van der Waals surface area contributed by atoms with Gasteiger partial charge in [0, 0.05) is 19.3 Å². The third-order valence-electron chi connectivity index (χ3n) is 4.22. The first-order chi connectivity index (χ1) is 10.9. The van der Waals surface area contributed by atoms with E-state index < -0.39 is 15.4 Å². The highest BCUT2D eigenvalue weighted by Gasteiger charge is 2.38. The quantitative estimate of drug-likeness (QED) is 0.845. The highest BCUT2D eigenvalue weighted by molar-refractivity contribution is 7.91. The molecule has 1 aliphatic rings. The summed E-state index contributed by atoms with van der Waals surface area (Å²) in [5.74, 6) is -0.0494. The molecule has 23 heavy (non-hydrogen) atoms. The normalized spacial score (nSPS) is 19.2. The third kappa shape index (κ3) is 4.75. The minimum Gasteiger partial charge on any atom is -0.373 e. The van der Waals surface area contributed by atoms with Crippen LogP contribution in [0.2, 0.25) is 0 Å². The van der Waals surface area contributed by atoms with Gasteiger partial charge in [0.25, 0.3) is 5.91 Å². The Hall–Kier alpha value is -1.47. The largest absolute Gasteiger partial charge is 0.373 e. The zero-order valence-corrected chi connectivity index (χ0v) is 14.5. The number of sulfone groups is 1. The Bertz CT molecular complexity index is 644. The number of carbonyl (C=O) groups excluding carboxylic acids is 1. The van der Waals surface area contributed by atoms with Crippen LogP contribution >= 0.6 is 0 Å². The number of rotatable bonds is 6. The Morgan fingerprint density at radius 2 is 2.04 bits per heavy atom. The van der Waals surface area contributed by atoms with Crippen LogP contribution in [0.15, 0.2) is 18.3 Å². The Morgan fingerprint density at radius 3 is 2.65 bits per heavy atom. The van der Waals surface area contributed by atoms with Crippen LogP contribution in [0.25, 0.3) is 0 Å². The molecular weight excluding hydrogens is 316 g/mol. The van der Waals surface area contributed by atoms with Crippen molar-refractivity contribution in [2.45, 2.75) is 38.7 Å². The molecule has 0 aromatic carbocycles. The van der Waals surface area contributed by atoms with E-state index >= 15 is 0 Å². The molecule has 1 aromatic heterocycles. The fourth-order valence-electron chi connectivity index (χ4n) is 2.74. The number of aryl methyl sites for hydroxylation is 1. The minimum absolute atomic E-state index is 0.104. The van der Waals surface area contributed by atoms with Gasteiger partial charge in [-0.25, -0.2) is 8.42 Å². The summed E-state index contributed by atoms with van der Waals surface area (Å²) in [4.78, 5) is 16.4. The number of hydrogen-bond donors (Lipinski definition) is 1. The Labute approximate surface area is 137 Å². The van der Waals surface area contributed by atoms with Crippen molar-refractivity contribution in [2.24, 2.45) is 0 Å². The van der Waals surface area contributed by atoms with Crippen LogP contribution in [0.5, 0.6) is 0 Å². The topological polar surface area (TPSA) is 85.4 Å². The first kappa shape index (κ1) is 17.9. The van der Waals surface area contributed by atoms with Crippen LogP contribution in [0.3, 0.4) is 0 Å². The maximum Gasteiger partial charge on any atom is 0.269 e. The third-order valence-corrected chi connectivity index (χ3v) is 5.88. The Morgan fingerprint density at radius 1 is 1.35 bits per heavy atom. The summed E-state index contributed by atoms with van der Waals surface area (Å²) in [7, 11) is -2.98. The van der Waals surface area contributed by atoms with Gasteiger partial charge in [-0.3, -0.25) is 9.78 Å². The lowest BCUT2D eigenvalue weighted by molar-refractivity contribution is -0.0437. The summed E-state index contributed by atoms with van der Waals surface area (Å²) >= 11 is 0. The maximum absolute atomic E-state index is 12.3. The molecular formula is C16H24N2O4S. The SMILES string of the molecule is CCOC1(CNC(=O)c2cc(CC)ccn2)CCS(=O)(=O)CC1. The van der Waals surface area contributed by atoms with Crippen LogP contribution in [-0.4, -0.2) is 49.6 Å². The number of nitrogens with one attached hydrogen (secondary N) is 1. The molecule has 1 N–H and O–H groups in total. The molecule has 2 rings (SSSR count). The molecule has 0 bridgehead atoms. The predicted octanol–water partition coefficient (Wildman–Crippen LogP) is 1.36. The van der Waals surface area contributed by atoms with E-state index in [9.17, 15) is 13.2 Å². The highest BCUT2D eigenvalue weighted by atomic mass is 32.2. The van der Waals surface area contributed by atoms with Gasteiger partial charge in [0.2, 0.25) is 0 Å². The van der Waals surface area contributed by atoms with E-state index in [2.05, 4.69) is 10.3 Å². The molecule has 0 spiro atoms. The van der Waals surface area contributed by atoms with Gasteiger partial charge < -0.3 is 10.1 Å². The Balaban J connectivity index is 2.02. The second kappa shape index (κ2) is 7.40. The van der Waals surface area contributed by atoms with Crippen LogP contribution in [0.4, 0.5) is 0 Å². The molecule has 6 nitrogen and oxygen atoms in total. The molecule has 1 amide bonds. The van der Waals surface area contributed by atoms with E-state index in [1.54, 1.807) is 12.3 Å². The predicted molar refractivity (Wildman–Crippen MR) is 88.2 cm³/mol. The van der Waals surface area contributed by atoms with Crippen LogP contribution in [-0.2, 0) is 21.0 Å². The summed E-state index contributed by atoms with van der Waals surface area (Å²) in [6.45, 7) is 4.68. The zero-order chi connectivity index (χ0) is 16.9. The summed E-state index contributed by atoms with van der Waals surface area (Å²) in [6, 6.07) is 3.65. The van der Waals surface area contributed by atoms with Gasteiger partial charge in [0.05, 0.1) is 17.1 Å². The first-order valence-corrected chi connectivity index (χ1v) is 9.79. The lowest BCUT2D eigenvalue weighted by Gasteiger charge is -2.36. The van der Waals surface area contributed by atoms with Gasteiger partial charge in [-0.1, -0.05) is 6.92 Å². The number of hydrogen-bond acceptors (Lipinski definition) is 5. The molecule has 0 atom stereocenters. The fourth-order valence-corrected chi connectivity index (χ4v) is 4.31. The van der Waals surface area contributed by atoms with Crippen LogP contribution < -0.4 is 5.32 Å². The van der Waals surface area contributed by atoms with Crippen molar-refractivity contribution in [1.82, 2.24) is 10.3 Å². The van der Waals surface area contributed by atoms with Crippen molar-refractivity contribution in [3.05, 3.63) is 29.6 Å². The van der Waals surface area contributed by atoms with Crippen LogP contribution in [0.1, 0.15) is 42.7 Å². The van der Waals surface area contributed by atoms with E-state index in [0.29, 0.717) is 31.7 Å². The fraction of sp³-hybridized carbons (Fsp3) is 0.625. The van der Waals surface area contributed by atoms with E-state index in [1.165, 1.54) is 0 Å². The summed E-state index contributed by atoms with van der Waals surface area (Å²) < 4.78 is 29.0. The van der Waals surface area contributed by atoms with Gasteiger partial charge in [-0.2, -0.15) is 0 Å². The summed E-state index contributed by atoms with van der Waals surface area (Å²) in [5.41, 5.74) is 0.825. The smallest absolute Gasteiger partial charge is 0.269 e. The number of nitrogens with zero attached hydrogens (tertiary/aromatic N) is 1. The maximum atomic E-state index is 12.3. The van der Waals surface area contributed by atoms with Gasteiger partial charge in [0.15, 0.2) is 9.84 Å². The van der Waals surface area contributed by atoms with Crippen LogP contribution in [0, 0.1) is 0 Å². The molecule has 1 aromatic rings. The van der Waals surface area contributed by atoms with Gasteiger partial charge in [0.1, 0.15) is 5.69 Å². The number of aromatic nitrogens is 1. The number of pyridine rings is 1. The number of carbonyl (C=O) groups is 1. The molecule has 1 aliphatic heterocycles. The molecule has 0 unspecified atom stereocenters. The minimum atomic E-state index is -2.98. The van der Waals surface area contributed by atoms with Crippen molar-refractivity contribution >= 4 is 15.7 Å². The van der Waals surface area contributed by atoms with Crippen molar-refractivity contribution < 1.29 is 17.9 Å². The molecule has 1 fully saturated rings. The van der Waals surface area contributed by atoms with Crippen molar-refractivity contribution in [1.29, 1.82) is 0 Å². The van der Waals surface area contributed by atoms with E-state index in [4.69, 9.17) is 4.74 Å². The van der Waals surface area contributed by atoms with Gasteiger partial charge in [-0.15, -0.1) is 0 Å². The monoisotopic (exact) mass is 340 g/mol. The number of amides is 1. The second-order valence-corrected chi connectivity index (χ2v) is 8.16. The van der Waals surface area contributed by atoms with E-state index in [-0.39, 0.29) is 17.4 Å². The molecule has 2 heterocycles.